The fourth-order valence-corrected chi connectivity index (χ4v) is 4.89. The number of aliphatic imine (C=N–C) groups is 1. The van der Waals surface area contributed by atoms with E-state index in [9.17, 15) is 4.79 Å². The first-order valence-electron chi connectivity index (χ1n) is 9.99. The van der Waals surface area contributed by atoms with Gasteiger partial charge in [0.25, 0.3) is 5.91 Å². The van der Waals surface area contributed by atoms with E-state index >= 15 is 0 Å². The Labute approximate surface area is 185 Å². The molecule has 0 atom stereocenters. The summed E-state index contributed by atoms with van der Waals surface area (Å²) in [4.78, 5) is 19.2. The first-order valence-corrected chi connectivity index (χ1v) is 10.8. The van der Waals surface area contributed by atoms with Gasteiger partial charge in [0.15, 0.2) is 0 Å². The van der Waals surface area contributed by atoms with E-state index in [0.717, 1.165) is 41.1 Å². The Balaban J connectivity index is 1.65. The third kappa shape index (κ3) is 4.41. The molecule has 0 fully saturated rings. The molecule has 3 aromatic rings. The van der Waals surface area contributed by atoms with Crippen molar-refractivity contribution in [2.75, 3.05) is 26.6 Å². The molecule has 0 saturated heterocycles. The van der Waals surface area contributed by atoms with Crippen molar-refractivity contribution in [1.29, 1.82) is 0 Å². The Morgan fingerprint density at radius 2 is 1.84 bits per heavy atom. The van der Waals surface area contributed by atoms with Crippen LogP contribution in [0.4, 0.5) is 10.7 Å². The normalized spacial score (nSPS) is 12.6. The van der Waals surface area contributed by atoms with Crippen molar-refractivity contribution in [1.82, 2.24) is 0 Å². The quantitative estimate of drug-likeness (QED) is 0.513. The molecule has 1 N–H and O–H groups in total. The highest BCUT2D eigenvalue weighted by Crippen LogP contribution is 2.41. The molecule has 1 amide bonds. The molecular weight excluding hydrogens is 412 g/mol. The van der Waals surface area contributed by atoms with Gasteiger partial charge in [0.2, 0.25) is 0 Å². The number of hydrogen-bond donors (Lipinski definition) is 1. The monoisotopic (exact) mass is 436 g/mol. The summed E-state index contributed by atoms with van der Waals surface area (Å²) in [5, 5.41) is 3.71. The van der Waals surface area contributed by atoms with Crippen LogP contribution in [0.3, 0.4) is 0 Å². The molecule has 0 unspecified atom stereocenters. The molecule has 6 nitrogen and oxygen atoms in total. The number of thiophene rings is 1. The van der Waals surface area contributed by atoms with Crippen LogP contribution in [-0.2, 0) is 12.8 Å². The second kappa shape index (κ2) is 9.22. The number of anilines is 1. The molecule has 0 bridgehead atoms. The van der Waals surface area contributed by atoms with Gasteiger partial charge in [0.1, 0.15) is 22.2 Å². The number of carbonyl (C=O) groups excluding carboxylic acids is 1. The van der Waals surface area contributed by atoms with Gasteiger partial charge in [0, 0.05) is 17.2 Å². The molecule has 7 heteroatoms. The van der Waals surface area contributed by atoms with Gasteiger partial charge in [-0.1, -0.05) is 12.1 Å². The predicted molar refractivity (Wildman–Crippen MR) is 124 cm³/mol. The number of amides is 1. The third-order valence-corrected chi connectivity index (χ3v) is 6.41. The fourth-order valence-electron chi connectivity index (χ4n) is 3.66. The van der Waals surface area contributed by atoms with Crippen molar-refractivity contribution in [3.63, 3.8) is 0 Å². The zero-order valence-corrected chi connectivity index (χ0v) is 18.5. The number of methoxy groups -OCH3 is 3. The highest BCUT2D eigenvalue weighted by atomic mass is 32.1. The molecule has 0 aliphatic heterocycles. The van der Waals surface area contributed by atoms with Crippen LogP contribution < -0.4 is 19.5 Å². The lowest BCUT2D eigenvalue weighted by molar-refractivity contribution is 0.102. The van der Waals surface area contributed by atoms with Gasteiger partial charge >= 0.3 is 0 Å². The second-order valence-electron chi connectivity index (χ2n) is 7.09. The molecule has 4 rings (SSSR count). The molecule has 0 spiro atoms. The van der Waals surface area contributed by atoms with Crippen LogP contribution in [0, 0.1) is 0 Å². The van der Waals surface area contributed by atoms with Gasteiger partial charge in [0.05, 0.1) is 32.6 Å². The van der Waals surface area contributed by atoms with Crippen molar-refractivity contribution in [3.05, 3.63) is 64.0 Å². The van der Waals surface area contributed by atoms with Crippen molar-refractivity contribution >= 4 is 34.1 Å². The Morgan fingerprint density at radius 1 is 1.03 bits per heavy atom. The number of fused-ring (bicyclic) bond motifs is 1. The van der Waals surface area contributed by atoms with E-state index in [2.05, 4.69) is 10.3 Å². The molecule has 0 radical (unpaired) electrons. The maximum Gasteiger partial charge on any atom is 0.259 e. The van der Waals surface area contributed by atoms with Crippen LogP contribution in [0.25, 0.3) is 0 Å². The highest BCUT2D eigenvalue weighted by Gasteiger charge is 2.27. The number of carbonyl (C=O) groups is 1. The Bertz CT molecular complexity index is 1140. The van der Waals surface area contributed by atoms with Crippen LogP contribution in [0.1, 0.15) is 32.8 Å². The summed E-state index contributed by atoms with van der Waals surface area (Å²) in [5.41, 5.74) is 3.26. The summed E-state index contributed by atoms with van der Waals surface area (Å²) in [7, 11) is 4.79. The van der Waals surface area contributed by atoms with Gasteiger partial charge < -0.3 is 19.5 Å². The summed E-state index contributed by atoms with van der Waals surface area (Å²) < 4.78 is 15.9. The summed E-state index contributed by atoms with van der Waals surface area (Å²) in [5.74, 6) is 1.79. The zero-order chi connectivity index (χ0) is 21.8. The van der Waals surface area contributed by atoms with E-state index in [1.54, 1.807) is 57.1 Å². The molecule has 1 aliphatic carbocycles. The van der Waals surface area contributed by atoms with Crippen LogP contribution in [-0.4, -0.2) is 33.5 Å². The largest absolute Gasteiger partial charge is 0.497 e. The van der Waals surface area contributed by atoms with Crippen LogP contribution in [0.15, 0.2) is 47.5 Å². The molecule has 1 aromatic heterocycles. The number of aryl methyl sites for hydroxylation is 1. The highest BCUT2D eigenvalue weighted by molar-refractivity contribution is 7.16. The maximum absolute atomic E-state index is 13.3. The Hall–Kier alpha value is -3.32. The topological polar surface area (TPSA) is 69.2 Å². The zero-order valence-electron chi connectivity index (χ0n) is 17.7. The molecule has 2 aromatic carbocycles. The molecular formula is C24H24N2O4S. The first kappa shape index (κ1) is 20.9. The SMILES string of the molecule is COc1cccc(C=Nc2sc3c(c2C(=O)Nc2ccc(OC)cc2OC)CCC3)c1. The van der Waals surface area contributed by atoms with Crippen molar-refractivity contribution in [2.24, 2.45) is 4.99 Å². The number of rotatable bonds is 7. The molecule has 1 aliphatic rings. The standard InChI is InChI=1S/C24H24N2O4S/c1-28-16-7-4-6-15(12-16)14-25-24-22(18-8-5-9-21(18)31-24)23(27)26-19-11-10-17(29-2)13-20(19)30-3/h4,6-7,10-14H,5,8-9H2,1-3H3,(H,26,27). The fraction of sp³-hybridized carbons (Fsp3) is 0.250. The summed E-state index contributed by atoms with van der Waals surface area (Å²) >= 11 is 1.59. The number of hydrogen-bond acceptors (Lipinski definition) is 6. The molecule has 31 heavy (non-hydrogen) atoms. The third-order valence-electron chi connectivity index (χ3n) is 5.21. The molecule has 0 saturated carbocycles. The number of nitrogens with one attached hydrogen (secondary N) is 1. The average molecular weight is 437 g/mol. The van der Waals surface area contributed by atoms with Crippen LogP contribution >= 0.6 is 11.3 Å². The number of ether oxygens (including phenoxy) is 3. The lowest BCUT2D eigenvalue weighted by Crippen LogP contribution is -2.14. The van der Waals surface area contributed by atoms with E-state index in [1.807, 2.05) is 24.3 Å². The number of nitrogens with zero attached hydrogens (tertiary/aromatic N) is 1. The minimum absolute atomic E-state index is 0.180. The average Bonchev–Trinajstić information content (AvgIpc) is 3.39. The maximum atomic E-state index is 13.3. The van der Waals surface area contributed by atoms with E-state index in [-0.39, 0.29) is 5.91 Å². The van der Waals surface area contributed by atoms with Gasteiger partial charge in [-0.3, -0.25) is 4.79 Å². The summed E-state index contributed by atoms with van der Waals surface area (Å²) in [6.07, 6.45) is 4.71. The Morgan fingerprint density at radius 3 is 2.61 bits per heavy atom. The Kier molecular flexibility index (Phi) is 6.23. The van der Waals surface area contributed by atoms with Crippen LogP contribution in [0.2, 0.25) is 0 Å². The van der Waals surface area contributed by atoms with Gasteiger partial charge in [-0.05, 0) is 54.7 Å². The molecule has 160 valence electrons. The lowest BCUT2D eigenvalue weighted by Gasteiger charge is -2.12. The minimum atomic E-state index is -0.180. The van der Waals surface area contributed by atoms with Gasteiger partial charge in [-0.15, -0.1) is 11.3 Å². The van der Waals surface area contributed by atoms with E-state index < -0.39 is 0 Å². The van der Waals surface area contributed by atoms with E-state index in [0.29, 0.717) is 22.7 Å². The van der Waals surface area contributed by atoms with Crippen molar-refractivity contribution in [2.45, 2.75) is 19.3 Å². The second-order valence-corrected chi connectivity index (χ2v) is 8.18. The number of benzene rings is 2. The van der Waals surface area contributed by atoms with Crippen molar-refractivity contribution < 1.29 is 19.0 Å². The molecule has 1 heterocycles. The smallest absolute Gasteiger partial charge is 0.259 e. The predicted octanol–water partition coefficient (Wildman–Crippen LogP) is 5.27. The van der Waals surface area contributed by atoms with E-state index in [4.69, 9.17) is 14.2 Å². The first-order chi connectivity index (χ1) is 15.1. The lowest BCUT2D eigenvalue weighted by atomic mass is 10.1. The summed E-state index contributed by atoms with van der Waals surface area (Å²) in [6.45, 7) is 0. The van der Waals surface area contributed by atoms with E-state index in [1.165, 1.54) is 4.88 Å². The minimum Gasteiger partial charge on any atom is -0.497 e. The van der Waals surface area contributed by atoms with Crippen LogP contribution in [0.5, 0.6) is 17.2 Å². The summed E-state index contributed by atoms with van der Waals surface area (Å²) in [6, 6.07) is 13.0. The van der Waals surface area contributed by atoms with Gasteiger partial charge in [-0.2, -0.15) is 0 Å². The van der Waals surface area contributed by atoms with Gasteiger partial charge in [-0.25, -0.2) is 4.99 Å². The van der Waals surface area contributed by atoms with Crippen molar-refractivity contribution in [3.8, 4) is 17.2 Å².